The molecule has 1 aliphatic carbocycles. The van der Waals surface area contributed by atoms with Crippen LogP contribution in [0.1, 0.15) is 59.3 Å². The molecule has 1 aliphatic rings. The number of alkyl carbamates (subject to hydrolysis) is 1. The molecule has 1 amide bonds. The third kappa shape index (κ3) is 8.18. The number of carboxylic acids is 1. The average molecular weight is 739 g/mol. The van der Waals surface area contributed by atoms with Crippen LogP contribution in [0.5, 0.6) is 11.5 Å². The van der Waals surface area contributed by atoms with Crippen molar-refractivity contribution in [1.29, 1.82) is 0 Å². The molecule has 6 aromatic rings. The normalized spacial score (nSPS) is 12.7. The number of hydrogen-bond donors (Lipinski definition) is 2. The number of carboxylic acid groups (broad SMARTS) is 1. The molecule has 5 aromatic carbocycles. The van der Waals surface area contributed by atoms with Gasteiger partial charge in [0, 0.05) is 35.7 Å². The van der Waals surface area contributed by atoms with E-state index in [9.17, 15) is 19.5 Å². The molecule has 1 aromatic heterocycles. The fourth-order valence-electron chi connectivity index (χ4n) is 6.93. The Balaban J connectivity index is 1.13. The number of carbonyl (C=O) groups is 3. The second kappa shape index (κ2) is 15.4. The molecule has 0 spiro atoms. The molecule has 1 heterocycles. The van der Waals surface area contributed by atoms with Crippen molar-refractivity contribution in [2.75, 3.05) is 13.7 Å². The maximum atomic E-state index is 13.2. The molecule has 1 atom stereocenters. The van der Waals surface area contributed by atoms with Crippen LogP contribution in [-0.2, 0) is 27.3 Å². The zero-order chi connectivity index (χ0) is 38.7. The molecule has 10 nitrogen and oxygen atoms in total. The molecule has 0 unspecified atom stereocenters. The second-order valence-electron chi connectivity index (χ2n) is 14.5. The summed E-state index contributed by atoms with van der Waals surface area (Å²) in [5, 5.41) is 13.7. The number of fused-ring (bicyclic) bond motifs is 4. The van der Waals surface area contributed by atoms with Crippen molar-refractivity contribution in [1.82, 2.24) is 9.88 Å². The highest BCUT2D eigenvalue weighted by Crippen LogP contribution is 2.44. The summed E-state index contributed by atoms with van der Waals surface area (Å²) in [6.45, 7) is 5.82. The molecule has 280 valence electrons. The maximum absolute atomic E-state index is 13.2. The lowest BCUT2D eigenvalue weighted by Gasteiger charge is -2.19. The quantitative estimate of drug-likeness (QED) is 0.120. The van der Waals surface area contributed by atoms with Crippen LogP contribution in [-0.4, -0.2) is 53.1 Å². The first kappa shape index (κ1) is 36.8. The van der Waals surface area contributed by atoms with Gasteiger partial charge in [-0.3, -0.25) is 0 Å². The second-order valence-corrected chi connectivity index (χ2v) is 14.5. The van der Waals surface area contributed by atoms with Crippen molar-refractivity contribution >= 4 is 28.9 Å². The van der Waals surface area contributed by atoms with Crippen LogP contribution in [0.2, 0.25) is 0 Å². The van der Waals surface area contributed by atoms with Crippen LogP contribution in [0.4, 0.5) is 4.79 Å². The largest absolute Gasteiger partial charge is 0.497 e. The Hall–Kier alpha value is -6.55. The number of esters is 1. The monoisotopic (exact) mass is 738 g/mol. The van der Waals surface area contributed by atoms with Crippen LogP contribution < -0.4 is 14.8 Å². The average Bonchev–Trinajstić information content (AvgIpc) is 3.70. The van der Waals surface area contributed by atoms with Crippen molar-refractivity contribution in [3.8, 4) is 28.3 Å². The molecular weight excluding hydrogens is 697 g/mol. The van der Waals surface area contributed by atoms with Gasteiger partial charge in [-0.15, -0.1) is 0 Å². The van der Waals surface area contributed by atoms with Crippen LogP contribution in [0.15, 0.2) is 121 Å². The highest BCUT2D eigenvalue weighted by Gasteiger charge is 2.30. The lowest BCUT2D eigenvalue weighted by Crippen LogP contribution is -2.42. The van der Waals surface area contributed by atoms with Crippen LogP contribution in [0.25, 0.3) is 27.7 Å². The summed E-state index contributed by atoms with van der Waals surface area (Å²) in [4.78, 5) is 38.5. The van der Waals surface area contributed by atoms with Crippen molar-refractivity contribution in [3.05, 3.63) is 149 Å². The number of nitrogens with one attached hydrogen (secondary N) is 1. The van der Waals surface area contributed by atoms with Crippen LogP contribution in [0.3, 0.4) is 0 Å². The van der Waals surface area contributed by atoms with Gasteiger partial charge in [0.25, 0.3) is 0 Å². The van der Waals surface area contributed by atoms with Crippen LogP contribution >= 0.6 is 0 Å². The molecule has 0 saturated carbocycles. The van der Waals surface area contributed by atoms with Gasteiger partial charge in [0.2, 0.25) is 0 Å². The molecule has 0 fully saturated rings. The molecule has 0 saturated heterocycles. The van der Waals surface area contributed by atoms with E-state index in [0.717, 1.165) is 50.2 Å². The zero-order valence-corrected chi connectivity index (χ0v) is 31.1. The van der Waals surface area contributed by atoms with Crippen molar-refractivity contribution < 1.29 is 38.4 Å². The number of aromatic nitrogens is 1. The van der Waals surface area contributed by atoms with Gasteiger partial charge in [-0.2, -0.15) is 0 Å². The van der Waals surface area contributed by atoms with Gasteiger partial charge in [-0.25, -0.2) is 14.4 Å². The number of ether oxygens (including phenoxy) is 4. The van der Waals surface area contributed by atoms with E-state index < -0.39 is 29.7 Å². The summed E-state index contributed by atoms with van der Waals surface area (Å²) in [5.74, 6) is -0.445. The van der Waals surface area contributed by atoms with E-state index in [1.807, 2.05) is 110 Å². The predicted molar refractivity (Wildman–Crippen MR) is 209 cm³/mol. The van der Waals surface area contributed by atoms with Gasteiger partial charge in [-0.05, 0) is 103 Å². The summed E-state index contributed by atoms with van der Waals surface area (Å²) in [6.07, 6.45) is 1.01. The Bertz CT molecular complexity index is 2310. The summed E-state index contributed by atoms with van der Waals surface area (Å²) in [5.41, 5.74) is 7.19. The molecule has 7 rings (SSSR count). The Labute approximate surface area is 319 Å². The first-order valence-electron chi connectivity index (χ1n) is 18.1. The molecule has 55 heavy (non-hydrogen) atoms. The first-order valence-corrected chi connectivity index (χ1v) is 18.1. The maximum Gasteiger partial charge on any atom is 0.407 e. The number of benzene rings is 5. The minimum Gasteiger partial charge on any atom is -0.497 e. The Morgan fingerprint density at radius 3 is 2.07 bits per heavy atom. The highest BCUT2D eigenvalue weighted by atomic mass is 16.6. The molecule has 2 N–H and O–H groups in total. The molecule has 0 aliphatic heterocycles. The Kier molecular flexibility index (Phi) is 10.3. The SMILES string of the molecule is COc1ccc(COc2ccc3c(C[C@H](NC(=O)OCC4c5ccccc5-c5ccccc54)C(=O)O)cn(-c4ccc(C(=O)OC(C)(C)C)cc4)c3c2)cc1. The third-order valence-electron chi connectivity index (χ3n) is 9.56. The minimum absolute atomic E-state index is 0.0227. The van der Waals surface area contributed by atoms with Gasteiger partial charge < -0.3 is 33.9 Å². The number of methoxy groups -OCH3 is 1. The van der Waals surface area contributed by atoms with E-state index in [-0.39, 0.29) is 18.9 Å². The van der Waals surface area contributed by atoms with Gasteiger partial charge >= 0.3 is 18.0 Å². The lowest BCUT2D eigenvalue weighted by molar-refractivity contribution is -0.139. The fourth-order valence-corrected chi connectivity index (χ4v) is 6.93. The van der Waals surface area contributed by atoms with Crippen LogP contribution in [0, 0.1) is 0 Å². The Morgan fingerprint density at radius 2 is 1.45 bits per heavy atom. The highest BCUT2D eigenvalue weighted by molar-refractivity contribution is 5.91. The van der Waals surface area contributed by atoms with Gasteiger partial charge in [0.1, 0.15) is 36.4 Å². The summed E-state index contributed by atoms with van der Waals surface area (Å²) in [7, 11) is 1.62. The third-order valence-corrected chi connectivity index (χ3v) is 9.56. The number of hydrogen-bond acceptors (Lipinski definition) is 7. The molecule has 0 radical (unpaired) electrons. The fraction of sp³-hybridized carbons (Fsp3) is 0.222. The minimum atomic E-state index is -1.28. The molecule has 0 bridgehead atoms. The van der Waals surface area contributed by atoms with Crippen molar-refractivity contribution in [2.45, 2.75) is 51.4 Å². The van der Waals surface area contributed by atoms with Gasteiger partial charge in [-0.1, -0.05) is 60.7 Å². The van der Waals surface area contributed by atoms with E-state index in [1.54, 1.807) is 31.4 Å². The van der Waals surface area contributed by atoms with E-state index in [1.165, 1.54) is 0 Å². The predicted octanol–water partition coefficient (Wildman–Crippen LogP) is 8.71. The van der Waals surface area contributed by atoms with E-state index in [0.29, 0.717) is 23.5 Å². The summed E-state index contributed by atoms with van der Waals surface area (Å²) < 4.78 is 24.6. The number of amides is 1. The standard InChI is InChI=1S/C45H42N2O8/c1-45(2,3)55-43(50)29-15-17-31(18-16-29)47-25-30(34-22-21-33(24-41(34)47)53-26-28-13-19-32(52-4)20-14-28)23-40(42(48)49)46-44(51)54-27-39-37-11-7-5-9-35(37)36-10-6-8-12-38(36)39/h5-22,24-25,39-40H,23,26-27H2,1-4H3,(H,46,51)(H,48,49)/t40-/m0/s1. The van der Waals surface area contributed by atoms with E-state index in [2.05, 4.69) is 17.4 Å². The number of carbonyl (C=O) groups excluding carboxylic acids is 2. The first-order chi connectivity index (χ1) is 26.5. The van der Waals surface area contributed by atoms with E-state index in [4.69, 9.17) is 18.9 Å². The zero-order valence-electron chi connectivity index (χ0n) is 31.1. The summed E-state index contributed by atoms with van der Waals surface area (Å²) >= 11 is 0. The number of aliphatic carboxylic acids is 1. The smallest absolute Gasteiger partial charge is 0.407 e. The van der Waals surface area contributed by atoms with Gasteiger partial charge in [0.05, 0.1) is 18.2 Å². The van der Waals surface area contributed by atoms with Crippen molar-refractivity contribution in [3.63, 3.8) is 0 Å². The number of nitrogens with zero attached hydrogens (tertiary/aromatic N) is 1. The lowest BCUT2D eigenvalue weighted by atomic mass is 9.98. The Morgan fingerprint density at radius 1 is 0.818 bits per heavy atom. The topological polar surface area (TPSA) is 125 Å². The number of rotatable bonds is 12. The summed E-state index contributed by atoms with van der Waals surface area (Å²) in [6, 6.07) is 34.9. The molecule has 10 heteroatoms. The van der Waals surface area contributed by atoms with Crippen molar-refractivity contribution in [2.24, 2.45) is 0 Å². The van der Waals surface area contributed by atoms with Gasteiger partial charge in [0.15, 0.2) is 0 Å². The molecular formula is C45H42N2O8. The van der Waals surface area contributed by atoms with E-state index >= 15 is 0 Å².